The fourth-order valence-electron chi connectivity index (χ4n) is 1.39. The van der Waals surface area contributed by atoms with E-state index in [4.69, 9.17) is 0 Å². The summed E-state index contributed by atoms with van der Waals surface area (Å²) in [6, 6.07) is 6.50. The summed E-state index contributed by atoms with van der Waals surface area (Å²) in [5.41, 5.74) is 2.10. The monoisotopic (exact) mass is 178 g/mol. The van der Waals surface area contributed by atoms with E-state index in [1.807, 2.05) is 0 Å². The van der Waals surface area contributed by atoms with Crippen LogP contribution in [0.3, 0.4) is 0 Å². The molecule has 0 aromatic heterocycles. The first-order chi connectivity index (χ1) is 6.36. The largest absolute Gasteiger partial charge is 0.298 e. The van der Waals surface area contributed by atoms with Gasteiger partial charge in [0.2, 0.25) is 0 Å². The van der Waals surface area contributed by atoms with Crippen molar-refractivity contribution < 1.29 is 4.39 Å². The summed E-state index contributed by atoms with van der Waals surface area (Å²) in [6.07, 6.45) is 0.922. The average Bonchev–Trinajstić information content (AvgIpc) is 2.20. The number of halogens is 1. The highest BCUT2D eigenvalue weighted by atomic mass is 19.1. The number of rotatable bonds is 1. The van der Waals surface area contributed by atoms with Gasteiger partial charge in [-0.1, -0.05) is 12.1 Å². The minimum atomic E-state index is -0.196. The lowest BCUT2D eigenvalue weighted by Gasteiger charge is -2.12. The van der Waals surface area contributed by atoms with Crippen molar-refractivity contribution in [1.82, 2.24) is 5.32 Å². The van der Waals surface area contributed by atoms with E-state index in [2.05, 4.69) is 10.3 Å². The lowest BCUT2D eigenvalue weighted by Crippen LogP contribution is -2.25. The Balaban J connectivity index is 2.24. The first-order valence-electron chi connectivity index (χ1n) is 4.36. The molecule has 2 nitrogen and oxygen atoms in total. The second kappa shape index (κ2) is 3.66. The summed E-state index contributed by atoms with van der Waals surface area (Å²) in [5.74, 6) is -0.196. The van der Waals surface area contributed by atoms with Gasteiger partial charge in [0, 0.05) is 18.7 Å². The first-order valence-corrected chi connectivity index (χ1v) is 4.36. The Bertz CT molecular complexity index is 316. The molecule has 0 unspecified atom stereocenters. The minimum absolute atomic E-state index is 0.196. The van der Waals surface area contributed by atoms with Gasteiger partial charge in [0.25, 0.3) is 0 Å². The molecular weight excluding hydrogens is 167 g/mol. The molecular formula is C10H11FN2. The van der Waals surface area contributed by atoms with Crippen molar-refractivity contribution in [3.05, 3.63) is 35.6 Å². The molecule has 0 spiro atoms. The average molecular weight is 178 g/mol. The van der Waals surface area contributed by atoms with E-state index in [1.165, 1.54) is 12.1 Å². The summed E-state index contributed by atoms with van der Waals surface area (Å²) < 4.78 is 12.6. The van der Waals surface area contributed by atoms with Crippen molar-refractivity contribution in [3.8, 4) is 0 Å². The van der Waals surface area contributed by atoms with E-state index in [0.717, 1.165) is 24.2 Å². The molecule has 3 heteroatoms. The van der Waals surface area contributed by atoms with E-state index in [0.29, 0.717) is 6.67 Å². The van der Waals surface area contributed by atoms with Gasteiger partial charge in [0.1, 0.15) is 5.82 Å². The highest BCUT2D eigenvalue weighted by Crippen LogP contribution is 2.08. The van der Waals surface area contributed by atoms with Crippen LogP contribution >= 0.6 is 0 Å². The van der Waals surface area contributed by atoms with Crippen molar-refractivity contribution in [3.63, 3.8) is 0 Å². The highest BCUT2D eigenvalue weighted by Gasteiger charge is 2.06. The van der Waals surface area contributed by atoms with E-state index in [1.54, 1.807) is 12.1 Å². The normalized spacial score (nSPS) is 16.8. The van der Waals surface area contributed by atoms with Crippen LogP contribution in [0.5, 0.6) is 0 Å². The molecule has 0 aliphatic carbocycles. The second-order valence-electron chi connectivity index (χ2n) is 3.02. The molecule has 13 heavy (non-hydrogen) atoms. The zero-order chi connectivity index (χ0) is 9.10. The Morgan fingerprint density at radius 3 is 2.62 bits per heavy atom. The third-order valence-corrected chi connectivity index (χ3v) is 2.10. The summed E-state index contributed by atoms with van der Waals surface area (Å²) in [7, 11) is 0. The Morgan fingerprint density at radius 1 is 1.23 bits per heavy atom. The molecule has 0 fully saturated rings. The predicted octanol–water partition coefficient (Wildman–Crippen LogP) is 1.57. The SMILES string of the molecule is Fc1ccc(C2=NCNCC2)cc1. The van der Waals surface area contributed by atoms with Crippen LogP contribution in [-0.2, 0) is 0 Å². The van der Waals surface area contributed by atoms with E-state index in [-0.39, 0.29) is 5.82 Å². The van der Waals surface area contributed by atoms with Gasteiger partial charge in [-0.3, -0.25) is 10.3 Å². The summed E-state index contributed by atoms with van der Waals surface area (Å²) in [5, 5.41) is 3.13. The van der Waals surface area contributed by atoms with Crippen LogP contribution < -0.4 is 5.32 Å². The number of aliphatic imine (C=N–C) groups is 1. The number of hydrogen-bond donors (Lipinski definition) is 1. The second-order valence-corrected chi connectivity index (χ2v) is 3.02. The molecule has 1 N–H and O–H groups in total. The van der Waals surface area contributed by atoms with Crippen LogP contribution in [0.15, 0.2) is 29.3 Å². The molecule has 0 saturated carbocycles. The maximum Gasteiger partial charge on any atom is 0.123 e. The van der Waals surface area contributed by atoms with Gasteiger partial charge in [-0.2, -0.15) is 0 Å². The van der Waals surface area contributed by atoms with Crippen molar-refractivity contribution in [2.45, 2.75) is 6.42 Å². The molecule has 1 aliphatic heterocycles. The highest BCUT2D eigenvalue weighted by molar-refractivity contribution is 6.00. The zero-order valence-corrected chi connectivity index (χ0v) is 7.26. The zero-order valence-electron chi connectivity index (χ0n) is 7.26. The first kappa shape index (κ1) is 8.38. The molecule has 2 rings (SSSR count). The molecule has 0 atom stereocenters. The van der Waals surface area contributed by atoms with Gasteiger partial charge in [-0.15, -0.1) is 0 Å². The lowest BCUT2D eigenvalue weighted by molar-refractivity contribution is 0.627. The minimum Gasteiger partial charge on any atom is -0.298 e. The molecule has 1 aromatic carbocycles. The number of nitrogens with zero attached hydrogens (tertiary/aromatic N) is 1. The smallest absolute Gasteiger partial charge is 0.123 e. The Labute approximate surface area is 76.5 Å². The van der Waals surface area contributed by atoms with E-state index in [9.17, 15) is 4.39 Å². The van der Waals surface area contributed by atoms with E-state index >= 15 is 0 Å². The van der Waals surface area contributed by atoms with Gasteiger partial charge in [-0.05, 0) is 17.7 Å². The molecule has 0 bridgehead atoms. The fraction of sp³-hybridized carbons (Fsp3) is 0.300. The van der Waals surface area contributed by atoms with Gasteiger partial charge < -0.3 is 0 Å². The van der Waals surface area contributed by atoms with Crippen LogP contribution in [0.2, 0.25) is 0 Å². The number of hydrogen-bond acceptors (Lipinski definition) is 2. The van der Waals surface area contributed by atoms with Crippen LogP contribution in [0.25, 0.3) is 0 Å². The van der Waals surface area contributed by atoms with Gasteiger partial charge in [0.15, 0.2) is 0 Å². The Hall–Kier alpha value is -1.22. The van der Waals surface area contributed by atoms with Crippen LogP contribution in [0, 0.1) is 5.82 Å². The van der Waals surface area contributed by atoms with Crippen LogP contribution in [-0.4, -0.2) is 18.9 Å². The van der Waals surface area contributed by atoms with Gasteiger partial charge in [0.05, 0.1) is 6.67 Å². The third kappa shape index (κ3) is 1.92. The molecule has 1 aliphatic rings. The maximum absolute atomic E-state index is 12.6. The summed E-state index contributed by atoms with van der Waals surface area (Å²) in [4.78, 5) is 4.31. The number of nitrogens with one attached hydrogen (secondary N) is 1. The molecule has 0 amide bonds. The van der Waals surface area contributed by atoms with Crippen molar-refractivity contribution in [1.29, 1.82) is 0 Å². The van der Waals surface area contributed by atoms with Crippen LogP contribution in [0.4, 0.5) is 4.39 Å². The van der Waals surface area contributed by atoms with Gasteiger partial charge >= 0.3 is 0 Å². The molecule has 0 radical (unpaired) electrons. The summed E-state index contributed by atoms with van der Waals surface area (Å²) in [6.45, 7) is 1.63. The quantitative estimate of drug-likeness (QED) is 0.693. The Morgan fingerprint density at radius 2 is 2.00 bits per heavy atom. The molecule has 1 heterocycles. The standard InChI is InChI=1S/C10H11FN2/c11-9-3-1-8(2-4-9)10-5-6-12-7-13-10/h1-4,12H,5-7H2. The molecule has 0 saturated heterocycles. The predicted molar refractivity (Wildman–Crippen MR) is 50.4 cm³/mol. The van der Waals surface area contributed by atoms with E-state index < -0.39 is 0 Å². The lowest BCUT2D eigenvalue weighted by atomic mass is 10.1. The molecule has 1 aromatic rings. The van der Waals surface area contributed by atoms with Crippen LogP contribution in [0.1, 0.15) is 12.0 Å². The Kier molecular flexibility index (Phi) is 2.36. The van der Waals surface area contributed by atoms with Crippen molar-refractivity contribution in [2.24, 2.45) is 4.99 Å². The molecule has 68 valence electrons. The number of benzene rings is 1. The van der Waals surface area contributed by atoms with Crippen molar-refractivity contribution >= 4 is 5.71 Å². The van der Waals surface area contributed by atoms with Gasteiger partial charge in [-0.25, -0.2) is 4.39 Å². The summed E-state index contributed by atoms with van der Waals surface area (Å²) >= 11 is 0. The topological polar surface area (TPSA) is 24.4 Å². The van der Waals surface area contributed by atoms with Crippen molar-refractivity contribution in [2.75, 3.05) is 13.2 Å². The third-order valence-electron chi connectivity index (χ3n) is 2.10. The maximum atomic E-state index is 12.6. The fourth-order valence-corrected chi connectivity index (χ4v) is 1.39.